The van der Waals surface area contributed by atoms with E-state index in [1.54, 1.807) is 18.1 Å². The lowest BCUT2D eigenvalue weighted by Gasteiger charge is -2.36. The number of carboxylic acids is 1. The van der Waals surface area contributed by atoms with Crippen molar-refractivity contribution in [1.82, 2.24) is 20.1 Å². The molecule has 0 saturated carbocycles. The highest BCUT2D eigenvalue weighted by Crippen LogP contribution is 2.40. The number of carbonyl (C=O) groups is 2. The molecule has 1 aliphatic heterocycles. The predicted molar refractivity (Wildman–Crippen MR) is 175 cm³/mol. The van der Waals surface area contributed by atoms with E-state index in [-0.39, 0.29) is 31.1 Å². The van der Waals surface area contributed by atoms with Crippen LogP contribution in [0, 0.1) is 0 Å². The van der Waals surface area contributed by atoms with Gasteiger partial charge < -0.3 is 29.6 Å². The zero-order valence-corrected chi connectivity index (χ0v) is 26.7. The average Bonchev–Trinajstić information content (AvgIpc) is 3.50. The van der Waals surface area contributed by atoms with Gasteiger partial charge in [-0.05, 0) is 40.7 Å². The number of unbranched alkanes of at least 4 members (excludes halogenated alkanes) is 2. The fourth-order valence-electron chi connectivity index (χ4n) is 5.39. The molecule has 1 aliphatic rings. The summed E-state index contributed by atoms with van der Waals surface area (Å²) in [5.41, 5.74) is 5.84. The predicted octanol–water partition coefficient (Wildman–Crippen LogP) is 5.96. The Morgan fingerprint density at radius 2 is 1.70 bits per heavy atom. The molecular formula is C35H40N4O6S. The van der Waals surface area contributed by atoms with Gasteiger partial charge in [-0.15, -0.1) is 10.2 Å². The number of aromatic nitrogens is 3. The van der Waals surface area contributed by atoms with Crippen LogP contribution in [0.2, 0.25) is 0 Å². The average molecular weight is 645 g/mol. The maximum Gasteiger partial charge on any atom is 0.303 e. The maximum atomic E-state index is 12.4. The summed E-state index contributed by atoms with van der Waals surface area (Å²) in [6.45, 7) is 0.398. The number of aryl methyl sites for hydroxylation is 1. The lowest BCUT2D eigenvalue weighted by Crippen LogP contribution is -2.31. The van der Waals surface area contributed by atoms with E-state index in [0.717, 1.165) is 45.0 Å². The van der Waals surface area contributed by atoms with Crippen LogP contribution in [0.3, 0.4) is 0 Å². The number of hydrogen-bond acceptors (Lipinski definition) is 8. The number of aliphatic hydroxyl groups is 1. The first-order valence-corrected chi connectivity index (χ1v) is 16.5. The molecule has 46 heavy (non-hydrogen) atoms. The fourth-order valence-corrected chi connectivity index (χ4v) is 6.30. The Morgan fingerprint density at radius 1 is 0.957 bits per heavy atom. The van der Waals surface area contributed by atoms with Gasteiger partial charge in [0, 0.05) is 44.2 Å². The van der Waals surface area contributed by atoms with Crippen LogP contribution in [0.25, 0.3) is 11.1 Å². The van der Waals surface area contributed by atoms with Crippen molar-refractivity contribution in [2.45, 2.75) is 75.3 Å². The number of hydrogen-bond donors (Lipinski definition) is 3. The molecular weight excluding hydrogens is 604 g/mol. The number of amides is 1. The largest absolute Gasteiger partial charge is 0.481 e. The lowest BCUT2D eigenvalue weighted by atomic mass is 9.97. The van der Waals surface area contributed by atoms with Crippen LogP contribution < -0.4 is 5.32 Å². The molecule has 3 atom stereocenters. The first kappa shape index (κ1) is 33.3. The van der Waals surface area contributed by atoms with Crippen LogP contribution in [0.15, 0.2) is 84.3 Å². The van der Waals surface area contributed by atoms with Crippen LogP contribution >= 0.6 is 11.8 Å². The molecule has 3 aromatic carbocycles. The SMILES string of the molecule is Cn1cnnc1SC[C@H]1C[C@@H](c2ccc(CO)cc2)O[C@@H](c2ccc(-c3ccccc3CNC(=O)CCCCCC(=O)O)cc2)O1. The molecule has 3 N–H and O–H groups in total. The topological polar surface area (TPSA) is 136 Å². The van der Waals surface area contributed by atoms with E-state index in [2.05, 4.69) is 15.5 Å². The second-order valence-corrected chi connectivity index (χ2v) is 12.4. The third-order valence-corrected chi connectivity index (χ3v) is 9.13. The van der Waals surface area contributed by atoms with Gasteiger partial charge in [0.2, 0.25) is 5.91 Å². The molecule has 0 unspecified atom stereocenters. The summed E-state index contributed by atoms with van der Waals surface area (Å²) in [5.74, 6) is -0.156. The fraction of sp³-hybridized carbons (Fsp3) is 0.371. The van der Waals surface area contributed by atoms with E-state index >= 15 is 0 Å². The monoisotopic (exact) mass is 644 g/mol. The summed E-state index contributed by atoms with van der Waals surface area (Å²) < 4.78 is 14.9. The van der Waals surface area contributed by atoms with E-state index in [4.69, 9.17) is 14.6 Å². The first-order valence-electron chi connectivity index (χ1n) is 15.5. The quantitative estimate of drug-likeness (QED) is 0.106. The minimum absolute atomic E-state index is 0.00741. The molecule has 0 spiro atoms. The molecule has 4 aromatic rings. The third-order valence-electron chi connectivity index (χ3n) is 7.96. The number of nitrogens with one attached hydrogen (secondary N) is 1. The number of carboxylic acid groups (broad SMARTS) is 1. The number of aliphatic hydroxyl groups excluding tert-OH is 1. The highest BCUT2D eigenvalue weighted by molar-refractivity contribution is 7.99. The Labute approximate surface area is 273 Å². The van der Waals surface area contributed by atoms with Gasteiger partial charge >= 0.3 is 5.97 Å². The molecule has 1 amide bonds. The van der Waals surface area contributed by atoms with Gasteiger partial charge in [-0.25, -0.2) is 0 Å². The summed E-state index contributed by atoms with van der Waals surface area (Å²) in [6.07, 6.45) is 4.00. The molecule has 1 aromatic heterocycles. The standard InChI is InChI=1S/C35H40N4O6S/c1-39-23-37-38-35(39)46-22-29-19-31(26-13-11-24(21-40)12-14-26)45-34(44-29)27-17-15-25(16-18-27)30-8-6-5-7-28(30)20-36-32(41)9-3-2-4-10-33(42)43/h5-8,11-18,23,29,31,34,40H,2-4,9-10,19-22H2,1H3,(H,36,41)(H,42,43)/t29-,31+,34+/m1/s1. The summed E-state index contributed by atoms with van der Waals surface area (Å²) in [7, 11) is 1.92. The van der Waals surface area contributed by atoms with Crippen LogP contribution in [0.4, 0.5) is 0 Å². The number of aliphatic carboxylic acids is 1. The van der Waals surface area contributed by atoms with E-state index in [1.807, 2.05) is 84.4 Å². The number of rotatable bonds is 15. The van der Waals surface area contributed by atoms with Crippen molar-refractivity contribution in [2.24, 2.45) is 7.05 Å². The van der Waals surface area contributed by atoms with Crippen molar-refractivity contribution in [1.29, 1.82) is 0 Å². The summed E-state index contributed by atoms with van der Waals surface area (Å²) in [5, 5.41) is 30.3. The van der Waals surface area contributed by atoms with Gasteiger partial charge in [-0.1, -0.05) is 91.0 Å². The Balaban J connectivity index is 1.25. The van der Waals surface area contributed by atoms with E-state index in [0.29, 0.717) is 38.0 Å². The molecule has 2 heterocycles. The van der Waals surface area contributed by atoms with Gasteiger partial charge in [-0.3, -0.25) is 9.59 Å². The molecule has 1 saturated heterocycles. The van der Waals surface area contributed by atoms with Crippen molar-refractivity contribution < 1.29 is 29.3 Å². The van der Waals surface area contributed by atoms with E-state index in [1.165, 1.54) is 0 Å². The Kier molecular flexibility index (Phi) is 12.0. The maximum absolute atomic E-state index is 12.4. The zero-order chi connectivity index (χ0) is 32.3. The molecule has 5 rings (SSSR count). The highest BCUT2D eigenvalue weighted by Gasteiger charge is 2.32. The molecule has 0 radical (unpaired) electrons. The lowest BCUT2D eigenvalue weighted by molar-refractivity contribution is -0.245. The van der Waals surface area contributed by atoms with Gasteiger partial charge in [0.1, 0.15) is 6.33 Å². The summed E-state index contributed by atoms with van der Waals surface area (Å²) in [6, 6.07) is 24.0. The van der Waals surface area contributed by atoms with Crippen LogP contribution in [0.1, 0.15) is 73.2 Å². The van der Waals surface area contributed by atoms with Gasteiger partial charge in [0.25, 0.3) is 0 Å². The van der Waals surface area contributed by atoms with Gasteiger partial charge in [0.05, 0.1) is 18.8 Å². The first-order chi connectivity index (χ1) is 22.4. The van der Waals surface area contributed by atoms with Crippen LogP contribution in [-0.4, -0.2) is 48.7 Å². The van der Waals surface area contributed by atoms with Crippen molar-refractivity contribution in [3.8, 4) is 11.1 Å². The highest BCUT2D eigenvalue weighted by atomic mass is 32.2. The zero-order valence-electron chi connectivity index (χ0n) is 25.9. The third kappa shape index (κ3) is 9.26. The van der Waals surface area contributed by atoms with Crippen molar-refractivity contribution in [3.05, 3.63) is 101 Å². The van der Waals surface area contributed by atoms with E-state index in [9.17, 15) is 14.7 Å². The number of benzene rings is 3. The molecule has 1 fully saturated rings. The summed E-state index contributed by atoms with van der Waals surface area (Å²) in [4.78, 5) is 23.1. The normalized spacial score (nSPS) is 17.9. The second kappa shape index (κ2) is 16.5. The Hall–Kier alpha value is -4.03. The molecule has 10 nitrogen and oxygen atoms in total. The number of nitrogens with zero attached hydrogens (tertiary/aromatic N) is 3. The minimum Gasteiger partial charge on any atom is -0.481 e. The number of carbonyl (C=O) groups excluding carboxylic acids is 1. The Bertz CT molecular complexity index is 1580. The second-order valence-electron chi connectivity index (χ2n) is 11.4. The van der Waals surface area contributed by atoms with Crippen molar-refractivity contribution in [2.75, 3.05) is 5.75 Å². The van der Waals surface area contributed by atoms with Crippen LogP contribution in [0.5, 0.6) is 0 Å². The molecule has 0 aliphatic carbocycles. The van der Waals surface area contributed by atoms with Crippen LogP contribution in [-0.2, 0) is 39.3 Å². The Morgan fingerprint density at radius 3 is 2.41 bits per heavy atom. The minimum atomic E-state index is -0.806. The van der Waals surface area contributed by atoms with Gasteiger partial charge in [0.15, 0.2) is 11.4 Å². The van der Waals surface area contributed by atoms with Crippen molar-refractivity contribution in [3.63, 3.8) is 0 Å². The molecule has 11 heteroatoms. The van der Waals surface area contributed by atoms with E-state index < -0.39 is 12.3 Å². The number of thioether (sulfide) groups is 1. The van der Waals surface area contributed by atoms with Crippen molar-refractivity contribution >= 4 is 23.6 Å². The number of ether oxygens (including phenoxy) is 2. The smallest absolute Gasteiger partial charge is 0.303 e. The van der Waals surface area contributed by atoms with Gasteiger partial charge in [-0.2, -0.15) is 0 Å². The molecule has 0 bridgehead atoms. The summed E-state index contributed by atoms with van der Waals surface area (Å²) >= 11 is 1.60. The molecule has 242 valence electrons.